The highest BCUT2D eigenvalue weighted by molar-refractivity contribution is 5.51. The van der Waals surface area contributed by atoms with Gasteiger partial charge in [-0.25, -0.2) is 0 Å². The minimum absolute atomic E-state index is 0.689. The summed E-state index contributed by atoms with van der Waals surface area (Å²) in [7, 11) is 1.92. The van der Waals surface area contributed by atoms with Crippen LogP contribution in [0.4, 0.5) is 5.69 Å². The van der Waals surface area contributed by atoms with Crippen LogP contribution in [0.3, 0.4) is 0 Å². The van der Waals surface area contributed by atoms with Crippen LogP contribution in [0.15, 0.2) is 42.4 Å². The molecule has 3 nitrogen and oxygen atoms in total. The summed E-state index contributed by atoms with van der Waals surface area (Å²) in [6, 6.07) is 10.1. The van der Waals surface area contributed by atoms with Gasteiger partial charge in [0.25, 0.3) is 0 Å². The molecular weight excluding hydrogens is 174 g/mol. The Kier molecular flexibility index (Phi) is 2.11. The predicted molar refractivity (Wildman–Crippen MR) is 56.2 cm³/mol. The van der Waals surface area contributed by atoms with Gasteiger partial charge >= 0.3 is 0 Å². The van der Waals surface area contributed by atoms with E-state index in [1.807, 2.05) is 48.5 Å². The quantitative estimate of drug-likeness (QED) is 0.620. The van der Waals surface area contributed by atoms with Gasteiger partial charge in [0.2, 0.25) is 5.82 Å². The van der Waals surface area contributed by atoms with Crippen molar-refractivity contribution >= 4 is 5.69 Å². The van der Waals surface area contributed by atoms with E-state index in [4.69, 9.17) is 6.57 Å². The Morgan fingerprint density at radius 2 is 2.00 bits per heavy atom. The van der Waals surface area contributed by atoms with Crippen LogP contribution in [0.5, 0.6) is 0 Å². The SMILES string of the molecule is [C-]#[N+]C1=CN(c2ccccc2)CN1C. The molecule has 3 heteroatoms. The summed E-state index contributed by atoms with van der Waals surface area (Å²) < 4.78 is 0. The van der Waals surface area contributed by atoms with Gasteiger partial charge in [-0.3, -0.25) is 0 Å². The summed E-state index contributed by atoms with van der Waals surface area (Å²) in [4.78, 5) is 7.43. The molecular formula is C11H11N3. The number of para-hydroxylation sites is 1. The Labute approximate surface area is 83.7 Å². The van der Waals surface area contributed by atoms with Gasteiger partial charge in [0, 0.05) is 11.9 Å². The molecule has 0 atom stereocenters. The van der Waals surface area contributed by atoms with Gasteiger partial charge in [0.05, 0.1) is 7.05 Å². The van der Waals surface area contributed by atoms with Crippen molar-refractivity contribution in [3.8, 4) is 0 Å². The molecule has 14 heavy (non-hydrogen) atoms. The van der Waals surface area contributed by atoms with Crippen LogP contribution < -0.4 is 4.90 Å². The lowest BCUT2D eigenvalue weighted by atomic mass is 10.3. The molecule has 0 aromatic heterocycles. The molecule has 0 aliphatic carbocycles. The Morgan fingerprint density at radius 1 is 1.29 bits per heavy atom. The van der Waals surface area contributed by atoms with E-state index < -0.39 is 0 Å². The summed E-state index contributed by atoms with van der Waals surface area (Å²) in [6.45, 7) is 7.72. The molecule has 0 fully saturated rings. The maximum absolute atomic E-state index is 6.97. The number of nitrogens with zero attached hydrogens (tertiary/aromatic N) is 3. The molecule has 1 aliphatic rings. The molecule has 2 rings (SSSR count). The van der Waals surface area contributed by atoms with Crippen molar-refractivity contribution < 1.29 is 0 Å². The predicted octanol–water partition coefficient (Wildman–Crippen LogP) is 2.11. The first kappa shape index (κ1) is 8.64. The smallest absolute Gasteiger partial charge is 0.242 e. The molecule has 0 N–H and O–H groups in total. The van der Waals surface area contributed by atoms with Gasteiger partial charge in [-0.05, 0) is 12.1 Å². The zero-order chi connectivity index (χ0) is 9.97. The molecule has 0 bridgehead atoms. The molecule has 0 saturated carbocycles. The summed E-state index contributed by atoms with van der Waals surface area (Å²) in [6.07, 6.45) is 1.88. The standard InChI is InChI=1S/C11H11N3/c1-12-11-8-14(9-13(11)2)10-6-4-3-5-7-10/h3-8H,9H2,2H3. The summed E-state index contributed by atoms with van der Waals surface area (Å²) in [5.74, 6) is 0.689. The number of anilines is 1. The molecule has 70 valence electrons. The van der Waals surface area contributed by atoms with Gasteiger partial charge < -0.3 is 14.6 Å². The monoisotopic (exact) mass is 185 g/mol. The minimum Gasteiger partial charge on any atom is -0.363 e. The third kappa shape index (κ3) is 1.42. The zero-order valence-corrected chi connectivity index (χ0v) is 8.01. The maximum Gasteiger partial charge on any atom is 0.242 e. The van der Waals surface area contributed by atoms with E-state index in [1.54, 1.807) is 0 Å². The number of rotatable bonds is 1. The van der Waals surface area contributed by atoms with Crippen LogP contribution in [-0.4, -0.2) is 18.6 Å². The van der Waals surface area contributed by atoms with Gasteiger partial charge in [-0.1, -0.05) is 24.8 Å². The fourth-order valence-electron chi connectivity index (χ4n) is 1.47. The molecule has 1 heterocycles. The topological polar surface area (TPSA) is 10.8 Å². The van der Waals surface area contributed by atoms with E-state index in [0.717, 1.165) is 12.4 Å². The lowest BCUT2D eigenvalue weighted by molar-refractivity contribution is 0.470. The fraction of sp³-hybridized carbons (Fsp3) is 0.182. The van der Waals surface area contributed by atoms with Crippen molar-refractivity contribution in [2.24, 2.45) is 0 Å². The Balaban J connectivity index is 2.25. The third-order valence-corrected chi connectivity index (χ3v) is 2.23. The van der Waals surface area contributed by atoms with Crippen LogP contribution >= 0.6 is 0 Å². The largest absolute Gasteiger partial charge is 0.363 e. The highest BCUT2D eigenvalue weighted by Gasteiger charge is 2.19. The van der Waals surface area contributed by atoms with Gasteiger partial charge in [-0.2, -0.15) is 0 Å². The third-order valence-electron chi connectivity index (χ3n) is 2.23. The second-order valence-electron chi connectivity index (χ2n) is 3.24. The average molecular weight is 185 g/mol. The lowest BCUT2D eigenvalue weighted by Gasteiger charge is -2.16. The lowest BCUT2D eigenvalue weighted by Crippen LogP contribution is -2.22. The molecule has 1 aromatic carbocycles. The van der Waals surface area contributed by atoms with Crippen molar-refractivity contribution in [3.63, 3.8) is 0 Å². The van der Waals surface area contributed by atoms with E-state index in [9.17, 15) is 0 Å². The first-order chi connectivity index (χ1) is 6.81. The number of hydrogen-bond donors (Lipinski definition) is 0. The Bertz CT molecular complexity index is 389. The molecule has 0 spiro atoms. The van der Waals surface area contributed by atoms with E-state index in [1.165, 1.54) is 0 Å². The van der Waals surface area contributed by atoms with E-state index in [-0.39, 0.29) is 0 Å². The number of hydrogen-bond acceptors (Lipinski definition) is 2. The summed E-state index contributed by atoms with van der Waals surface area (Å²) in [5.41, 5.74) is 1.12. The summed E-state index contributed by atoms with van der Waals surface area (Å²) in [5, 5.41) is 0. The fourth-order valence-corrected chi connectivity index (χ4v) is 1.47. The van der Waals surface area contributed by atoms with Gasteiger partial charge in [-0.15, -0.1) is 0 Å². The first-order valence-corrected chi connectivity index (χ1v) is 4.43. The van der Waals surface area contributed by atoms with Crippen molar-refractivity contribution in [3.05, 3.63) is 53.8 Å². The molecule has 1 aromatic rings. The number of benzene rings is 1. The van der Waals surface area contributed by atoms with E-state index >= 15 is 0 Å². The van der Waals surface area contributed by atoms with Crippen molar-refractivity contribution in [1.29, 1.82) is 0 Å². The Morgan fingerprint density at radius 3 is 2.57 bits per heavy atom. The second-order valence-corrected chi connectivity index (χ2v) is 3.24. The molecule has 0 saturated heterocycles. The molecule has 0 radical (unpaired) electrons. The highest BCUT2D eigenvalue weighted by Crippen LogP contribution is 2.21. The average Bonchev–Trinajstić information content (AvgIpc) is 2.61. The Hall–Kier alpha value is -1.95. The van der Waals surface area contributed by atoms with E-state index in [0.29, 0.717) is 5.82 Å². The second kappa shape index (κ2) is 3.43. The van der Waals surface area contributed by atoms with Gasteiger partial charge in [0.15, 0.2) is 0 Å². The minimum atomic E-state index is 0.689. The van der Waals surface area contributed by atoms with E-state index in [2.05, 4.69) is 9.74 Å². The maximum atomic E-state index is 6.97. The van der Waals surface area contributed by atoms with Gasteiger partial charge in [0.1, 0.15) is 6.67 Å². The van der Waals surface area contributed by atoms with Crippen LogP contribution in [0.2, 0.25) is 0 Å². The van der Waals surface area contributed by atoms with Crippen LogP contribution in [0.1, 0.15) is 0 Å². The van der Waals surface area contributed by atoms with Crippen LogP contribution in [-0.2, 0) is 0 Å². The zero-order valence-electron chi connectivity index (χ0n) is 8.01. The molecule has 1 aliphatic heterocycles. The normalized spacial score (nSPS) is 15.3. The van der Waals surface area contributed by atoms with Crippen molar-refractivity contribution in [2.75, 3.05) is 18.6 Å². The van der Waals surface area contributed by atoms with Crippen LogP contribution in [0, 0.1) is 6.57 Å². The summed E-state index contributed by atoms with van der Waals surface area (Å²) >= 11 is 0. The van der Waals surface area contributed by atoms with Crippen LogP contribution in [0.25, 0.3) is 4.85 Å². The van der Waals surface area contributed by atoms with Crippen molar-refractivity contribution in [2.45, 2.75) is 0 Å². The van der Waals surface area contributed by atoms with Crippen molar-refractivity contribution in [1.82, 2.24) is 4.90 Å². The highest BCUT2D eigenvalue weighted by atomic mass is 15.4. The first-order valence-electron chi connectivity index (χ1n) is 4.43. The molecule has 0 amide bonds. The molecule has 0 unspecified atom stereocenters.